The maximum atomic E-state index is 12.0. The van der Waals surface area contributed by atoms with Crippen LogP contribution in [0.5, 0.6) is 11.5 Å². The van der Waals surface area contributed by atoms with Gasteiger partial charge in [0, 0.05) is 13.0 Å². The van der Waals surface area contributed by atoms with Crippen LogP contribution in [-0.2, 0) is 17.8 Å². The SMILES string of the molecule is Cc1ccc(OCCn2c(CCCCCNC(=O)COc3ccccc3)nc3ccccc32)cc1. The van der Waals surface area contributed by atoms with Crippen LogP contribution >= 0.6 is 0 Å². The van der Waals surface area contributed by atoms with Gasteiger partial charge in [-0.2, -0.15) is 0 Å². The molecule has 0 radical (unpaired) electrons. The minimum Gasteiger partial charge on any atom is -0.492 e. The Morgan fingerprint density at radius 2 is 1.60 bits per heavy atom. The van der Waals surface area contributed by atoms with Crippen molar-refractivity contribution in [1.82, 2.24) is 14.9 Å². The Morgan fingerprint density at radius 3 is 2.43 bits per heavy atom. The molecule has 4 aromatic rings. The largest absolute Gasteiger partial charge is 0.492 e. The molecule has 0 spiro atoms. The van der Waals surface area contributed by atoms with Gasteiger partial charge in [0.2, 0.25) is 0 Å². The number of hydrogen-bond acceptors (Lipinski definition) is 4. The molecule has 6 heteroatoms. The van der Waals surface area contributed by atoms with Crippen molar-refractivity contribution in [3.8, 4) is 11.5 Å². The lowest BCUT2D eigenvalue weighted by Crippen LogP contribution is -2.29. The van der Waals surface area contributed by atoms with E-state index >= 15 is 0 Å². The number of para-hydroxylation sites is 3. The summed E-state index contributed by atoms with van der Waals surface area (Å²) in [4.78, 5) is 16.8. The van der Waals surface area contributed by atoms with Crippen LogP contribution in [0.3, 0.4) is 0 Å². The molecule has 0 saturated carbocycles. The van der Waals surface area contributed by atoms with E-state index in [1.807, 2.05) is 48.5 Å². The van der Waals surface area contributed by atoms with Gasteiger partial charge in [-0.15, -0.1) is 0 Å². The van der Waals surface area contributed by atoms with E-state index in [0.29, 0.717) is 18.9 Å². The molecule has 0 unspecified atom stereocenters. The van der Waals surface area contributed by atoms with E-state index in [1.165, 1.54) is 5.56 Å². The molecule has 0 aliphatic rings. The number of unbranched alkanes of at least 4 members (excludes halogenated alkanes) is 2. The van der Waals surface area contributed by atoms with E-state index in [1.54, 1.807) is 0 Å². The molecule has 182 valence electrons. The second-order valence-electron chi connectivity index (χ2n) is 8.59. The highest BCUT2D eigenvalue weighted by molar-refractivity contribution is 5.77. The van der Waals surface area contributed by atoms with Gasteiger partial charge >= 0.3 is 0 Å². The maximum absolute atomic E-state index is 12.0. The number of fused-ring (bicyclic) bond motifs is 1. The van der Waals surface area contributed by atoms with Crippen molar-refractivity contribution in [3.63, 3.8) is 0 Å². The average Bonchev–Trinajstić information content (AvgIpc) is 3.24. The molecule has 0 saturated heterocycles. The lowest BCUT2D eigenvalue weighted by atomic mass is 10.2. The van der Waals surface area contributed by atoms with Crippen molar-refractivity contribution in [1.29, 1.82) is 0 Å². The second kappa shape index (κ2) is 12.6. The number of carbonyl (C=O) groups is 1. The molecule has 0 fully saturated rings. The molecule has 1 heterocycles. The van der Waals surface area contributed by atoms with Gasteiger partial charge in [0.1, 0.15) is 23.9 Å². The number of aromatic nitrogens is 2. The fraction of sp³-hybridized carbons (Fsp3) is 0.310. The van der Waals surface area contributed by atoms with Crippen LogP contribution in [0.25, 0.3) is 11.0 Å². The first-order valence-electron chi connectivity index (χ1n) is 12.3. The molecular formula is C29H33N3O3. The molecule has 1 aromatic heterocycles. The summed E-state index contributed by atoms with van der Waals surface area (Å²) in [7, 11) is 0. The summed E-state index contributed by atoms with van der Waals surface area (Å²) in [5.41, 5.74) is 3.38. The average molecular weight is 472 g/mol. The van der Waals surface area contributed by atoms with Crippen LogP contribution in [0, 0.1) is 6.92 Å². The number of imidazole rings is 1. The summed E-state index contributed by atoms with van der Waals surface area (Å²) >= 11 is 0. The fourth-order valence-electron chi connectivity index (χ4n) is 3.98. The number of rotatable bonds is 13. The maximum Gasteiger partial charge on any atom is 0.257 e. The third-order valence-electron chi connectivity index (χ3n) is 5.85. The molecule has 3 aromatic carbocycles. The van der Waals surface area contributed by atoms with E-state index in [2.05, 4.69) is 47.1 Å². The van der Waals surface area contributed by atoms with Crippen molar-refractivity contribution in [2.24, 2.45) is 0 Å². The molecule has 0 bridgehead atoms. The molecule has 1 N–H and O–H groups in total. The number of hydrogen-bond donors (Lipinski definition) is 1. The predicted octanol–water partition coefficient (Wildman–Crippen LogP) is 5.33. The zero-order valence-electron chi connectivity index (χ0n) is 20.3. The van der Waals surface area contributed by atoms with Gasteiger partial charge in [0.05, 0.1) is 17.6 Å². The van der Waals surface area contributed by atoms with Gasteiger partial charge in [-0.05, 0) is 56.2 Å². The number of nitrogens with zero attached hydrogens (tertiary/aromatic N) is 2. The van der Waals surface area contributed by atoms with Crippen molar-refractivity contribution in [2.75, 3.05) is 19.8 Å². The lowest BCUT2D eigenvalue weighted by Gasteiger charge is -2.11. The molecule has 1 amide bonds. The summed E-state index contributed by atoms with van der Waals surface area (Å²) in [6, 6.07) is 25.8. The van der Waals surface area contributed by atoms with Gasteiger partial charge in [-0.1, -0.05) is 54.4 Å². The van der Waals surface area contributed by atoms with Crippen molar-refractivity contribution < 1.29 is 14.3 Å². The first kappa shape index (κ1) is 24.3. The number of carbonyl (C=O) groups excluding carboxylic acids is 1. The molecule has 35 heavy (non-hydrogen) atoms. The Balaban J connectivity index is 1.20. The normalized spacial score (nSPS) is 10.9. The van der Waals surface area contributed by atoms with Crippen LogP contribution in [0.2, 0.25) is 0 Å². The Hall–Kier alpha value is -3.80. The topological polar surface area (TPSA) is 65.4 Å². The van der Waals surface area contributed by atoms with E-state index < -0.39 is 0 Å². The van der Waals surface area contributed by atoms with E-state index in [9.17, 15) is 4.79 Å². The van der Waals surface area contributed by atoms with E-state index in [4.69, 9.17) is 14.5 Å². The van der Waals surface area contributed by atoms with E-state index in [0.717, 1.165) is 54.8 Å². The Bertz CT molecular complexity index is 1200. The van der Waals surface area contributed by atoms with Crippen molar-refractivity contribution >= 4 is 16.9 Å². The zero-order chi connectivity index (χ0) is 24.3. The molecule has 0 aliphatic carbocycles. The monoisotopic (exact) mass is 471 g/mol. The number of nitrogens with one attached hydrogen (secondary N) is 1. The molecule has 0 aliphatic heterocycles. The van der Waals surface area contributed by atoms with Crippen LogP contribution in [0.4, 0.5) is 0 Å². The number of ether oxygens (including phenoxy) is 2. The standard InChI is InChI=1S/C29H33N3O3/c1-23-15-17-25(18-16-23)34-21-20-32-27-13-8-7-12-26(27)31-28(32)14-6-3-9-19-30-29(33)22-35-24-10-4-2-5-11-24/h2,4-5,7-8,10-13,15-18H,3,6,9,14,19-22H2,1H3,(H,30,33). The number of benzene rings is 3. The zero-order valence-corrected chi connectivity index (χ0v) is 20.3. The number of aryl methyl sites for hydroxylation is 2. The summed E-state index contributed by atoms with van der Waals surface area (Å²) in [5.74, 6) is 2.58. The summed E-state index contributed by atoms with van der Waals surface area (Å²) in [6.45, 7) is 4.10. The van der Waals surface area contributed by atoms with E-state index in [-0.39, 0.29) is 12.5 Å². The van der Waals surface area contributed by atoms with Crippen LogP contribution in [-0.4, -0.2) is 35.2 Å². The van der Waals surface area contributed by atoms with Crippen molar-refractivity contribution in [3.05, 3.63) is 90.3 Å². The first-order chi connectivity index (χ1) is 17.2. The van der Waals surface area contributed by atoms with Crippen LogP contribution in [0.15, 0.2) is 78.9 Å². The molecule has 4 rings (SSSR count). The highest BCUT2D eigenvalue weighted by Gasteiger charge is 2.10. The van der Waals surface area contributed by atoms with Gasteiger partial charge < -0.3 is 19.4 Å². The minimum absolute atomic E-state index is 0.0404. The van der Waals surface area contributed by atoms with Crippen molar-refractivity contribution in [2.45, 2.75) is 39.2 Å². The first-order valence-corrected chi connectivity index (χ1v) is 12.3. The molecule has 0 atom stereocenters. The Labute approximate surface area is 206 Å². The molecular weight excluding hydrogens is 438 g/mol. The molecule has 6 nitrogen and oxygen atoms in total. The second-order valence-corrected chi connectivity index (χ2v) is 8.59. The predicted molar refractivity (Wildman–Crippen MR) is 139 cm³/mol. The quantitative estimate of drug-likeness (QED) is 0.268. The smallest absolute Gasteiger partial charge is 0.257 e. The van der Waals surface area contributed by atoms with Crippen LogP contribution < -0.4 is 14.8 Å². The summed E-state index contributed by atoms with van der Waals surface area (Å²) in [6.07, 6.45) is 3.85. The van der Waals surface area contributed by atoms with Gasteiger partial charge in [0.15, 0.2) is 6.61 Å². The highest BCUT2D eigenvalue weighted by atomic mass is 16.5. The van der Waals surface area contributed by atoms with Gasteiger partial charge in [-0.25, -0.2) is 4.98 Å². The third-order valence-corrected chi connectivity index (χ3v) is 5.85. The number of amides is 1. The van der Waals surface area contributed by atoms with Gasteiger partial charge in [0.25, 0.3) is 5.91 Å². The Kier molecular flexibility index (Phi) is 8.76. The Morgan fingerprint density at radius 1 is 0.857 bits per heavy atom. The third kappa shape index (κ3) is 7.34. The fourth-order valence-corrected chi connectivity index (χ4v) is 3.98. The summed E-state index contributed by atoms with van der Waals surface area (Å²) in [5, 5.41) is 2.93. The van der Waals surface area contributed by atoms with Gasteiger partial charge in [-0.3, -0.25) is 4.79 Å². The summed E-state index contributed by atoms with van der Waals surface area (Å²) < 4.78 is 13.7. The minimum atomic E-state index is -0.0933. The lowest BCUT2D eigenvalue weighted by molar-refractivity contribution is -0.123. The van der Waals surface area contributed by atoms with Crippen LogP contribution in [0.1, 0.15) is 30.7 Å². The highest BCUT2D eigenvalue weighted by Crippen LogP contribution is 2.19.